The summed E-state index contributed by atoms with van der Waals surface area (Å²) in [4.78, 5) is 6.18. The first-order valence-electron chi connectivity index (χ1n) is 5.00. The predicted octanol–water partition coefficient (Wildman–Crippen LogP) is 1.93. The minimum absolute atomic E-state index is 0.376. The molecule has 0 amide bonds. The van der Waals surface area contributed by atoms with E-state index in [2.05, 4.69) is 30.0 Å². The molecule has 0 bridgehead atoms. The highest BCUT2D eigenvalue weighted by atomic mass is 15.3. The van der Waals surface area contributed by atoms with Gasteiger partial charge in [0.05, 0.1) is 0 Å². The lowest BCUT2D eigenvalue weighted by Gasteiger charge is -2.25. The standard InChI is InChI=1S/C11H16N4/c1-7(2)15-6-5-9-8(3)14(4)11(12)13-10(9)15/h5-7H,3H2,1-2,4H3,(H2,12,13). The van der Waals surface area contributed by atoms with Gasteiger partial charge in [-0.25, -0.2) is 0 Å². The van der Waals surface area contributed by atoms with Crippen LogP contribution in [0.1, 0.15) is 25.5 Å². The fraction of sp³-hybridized carbons (Fsp3) is 0.364. The Labute approximate surface area is 89.7 Å². The molecule has 2 N–H and O–H groups in total. The molecule has 4 nitrogen and oxygen atoms in total. The quantitative estimate of drug-likeness (QED) is 0.759. The number of hydrogen-bond acceptors (Lipinski definition) is 3. The lowest BCUT2D eigenvalue weighted by Crippen LogP contribution is -2.34. The average Bonchev–Trinajstić information content (AvgIpc) is 2.58. The van der Waals surface area contributed by atoms with Gasteiger partial charge in [0.25, 0.3) is 0 Å². The molecule has 0 saturated heterocycles. The molecule has 0 aromatic carbocycles. The van der Waals surface area contributed by atoms with E-state index in [-0.39, 0.29) is 0 Å². The molecular weight excluding hydrogens is 188 g/mol. The predicted molar refractivity (Wildman–Crippen MR) is 62.9 cm³/mol. The van der Waals surface area contributed by atoms with Crippen LogP contribution in [0.2, 0.25) is 0 Å². The third-order valence-corrected chi connectivity index (χ3v) is 2.72. The van der Waals surface area contributed by atoms with Crippen LogP contribution in [0.4, 0.5) is 5.82 Å². The van der Waals surface area contributed by atoms with Gasteiger partial charge in [-0.2, -0.15) is 4.99 Å². The van der Waals surface area contributed by atoms with Gasteiger partial charge in [-0.3, -0.25) is 0 Å². The molecule has 15 heavy (non-hydrogen) atoms. The van der Waals surface area contributed by atoms with Gasteiger partial charge in [-0.15, -0.1) is 0 Å². The zero-order chi connectivity index (χ0) is 11.2. The molecule has 0 spiro atoms. The van der Waals surface area contributed by atoms with Gasteiger partial charge >= 0.3 is 0 Å². The Kier molecular flexibility index (Phi) is 2.07. The van der Waals surface area contributed by atoms with Gasteiger partial charge in [-0.1, -0.05) is 6.58 Å². The van der Waals surface area contributed by atoms with E-state index in [4.69, 9.17) is 5.73 Å². The van der Waals surface area contributed by atoms with Crippen LogP contribution in [0, 0.1) is 0 Å². The van der Waals surface area contributed by atoms with Gasteiger partial charge in [0.1, 0.15) is 5.82 Å². The van der Waals surface area contributed by atoms with Crippen LogP contribution in [-0.2, 0) is 0 Å². The fourth-order valence-corrected chi connectivity index (χ4v) is 1.70. The van der Waals surface area contributed by atoms with Crippen molar-refractivity contribution in [3.63, 3.8) is 0 Å². The first-order chi connectivity index (χ1) is 7.02. The smallest absolute Gasteiger partial charge is 0.202 e. The molecule has 0 saturated carbocycles. The highest BCUT2D eigenvalue weighted by Gasteiger charge is 2.22. The van der Waals surface area contributed by atoms with Crippen molar-refractivity contribution in [2.45, 2.75) is 19.9 Å². The monoisotopic (exact) mass is 204 g/mol. The zero-order valence-corrected chi connectivity index (χ0v) is 9.36. The maximum Gasteiger partial charge on any atom is 0.202 e. The Bertz CT molecular complexity index is 439. The molecule has 2 rings (SSSR count). The molecule has 0 fully saturated rings. The van der Waals surface area contributed by atoms with E-state index in [1.165, 1.54) is 0 Å². The normalized spacial score (nSPS) is 15.6. The number of fused-ring (bicyclic) bond motifs is 1. The van der Waals surface area contributed by atoms with Gasteiger partial charge in [-0.05, 0) is 19.9 Å². The molecule has 0 radical (unpaired) electrons. The summed E-state index contributed by atoms with van der Waals surface area (Å²) in [5, 5.41) is 0. The largest absolute Gasteiger partial charge is 0.369 e. The van der Waals surface area contributed by atoms with E-state index < -0.39 is 0 Å². The summed E-state index contributed by atoms with van der Waals surface area (Å²) in [6.07, 6.45) is 2.02. The molecule has 80 valence electrons. The fourth-order valence-electron chi connectivity index (χ4n) is 1.70. The second-order valence-electron chi connectivity index (χ2n) is 4.03. The maximum absolute atomic E-state index is 5.81. The van der Waals surface area contributed by atoms with Crippen LogP contribution < -0.4 is 5.73 Å². The number of aromatic nitrogens is 1. The van der Waals surface area contributed by atoms with E-state index in [9.17, 15) is 0 Å². The van der Waals surface area contributed by atoms with Crippen LogP contribution in [-0.4, -0.2) is 22.5 Å². The Morgan fingerprint density at radius 2 is 2.13 bits per heavy atom. The Hall–Kier alpha value is -1.71. The van der Waals surface area contributed by atoms with Gasteiger partial charge in [0.2, 0.25) is 5.96 Å². The van der Waals surface area contributed by atoms with Crippen molar-refractivity contribution < 1.29 is 0 Å². The number of nitrogens with two attached hydrogens (primary N) is 1. The number of aliphatic imine (C=N–C) groups is 1. The second-order valence-corrected chi connectivity index (χ2v) is 4.03. The molecule has 1 aliphatic rings. The molecule has 0 aliphatic carbocycles. The topological polar surface area (TPSA) is 46.6 Å². The Balaban J connectivity index is 2.60. The van der Waals surface area contributed by atoms with Crippen LogP contribution in [0.3, 0.4) is 0 Å². The Morgan fingerprint density at radius 1 is 1.47 bits per heavy atom. The number of rotatable bonds is 1. The van der Waals surface area contributed by atoms with Crippen LogP contribution >= 0.6 is 0 Å². The summed E-state index contributed by atoms with van der Waals surface area (Å²) in [6.45, 7) is 8.25. The molecule has 1 aromatic heterocycles. The molecular formula is C11H16N4. The van der Waals surface area contributed by atoms with Crippen molar-refractivity contribution in [3.05, 3.63) is 24.4 Å². The van der Waals surface area contributed by atoms with Crippen molar-refractivity contribution in [2.75, 3.05) is 7.05 Å². The van der Waals surface area contributed by atoms with Crippen molar-refractivity contribution in [2.24, 2.45) is 10.7 Å². The Morgan fingerprint density at radius 3 is 2.73 bits per heavy atom. The summed E-state index contributed by atoms with van der Waals surface area (Å²) in [6, 6.07) is 2.41. The average molecular weight is 204 g/mol. The lowest BCUT2D eigenvalue weighted by atomic mass is 10.2. The summed E-state index contributed by atoms with van der Waals surface area (Å²) < 4.78 is 2.10. The summed E-state index contributed by atoms with van der Waals surface area (Å²) in [5.74, 6) is 1.40. The highest BCUT2D eigenvalue weighted by Crippen LogP contribution is 2.34. The maximum atomic E-state index is 5.81. The van der Waals surface area contributed by atoms with E-state index in [0.29, 0.717) is 12.0 Å². The van der Waals surface area contributed by atoms with Crippen molar-refractivity contribution in [1.82, 2.24) is 9.47 Å². The molecule has 1 aromatic rings. The van der Waals surface area contributed by atoms with Crippen molar-refractivity contribution in [3.8, 4) is 0 Å². The third kappa shape index (κ3) is 1.33. The van der Waals surface area contributed by atoms with Gasteiger partial charge in [0.15, 0.2) is 0 Å². The number of nitrogens with zero attached hydrogens (tertiary/aromatic N) is 3. The lowest BCUT2D eigenvalue weighted by molar-refractivity contribution is 0.602. The van der Waals surface area contributed by atoms with Crippen LogP contribution in [0.15, 0.2) is 23.8 Å². The van der Waals surface area contributed by atoms with E-state index in [1.54, 1.807) is 4.90 Å². The minimum atomic E-state index is 0.376. The number of hydrogen-bond donors (Lipinski definition) is 1. The first kappa shape index (κ1) is 9.83. The number of guanidine groups is 1. The molecule has 0 atom stereocenters. The van der Waals surface area contributed by atoms with Crippen molar-refractivity contribution >= 4 is 17.5 Å². The molecule has 0 unspecified atom stereocenters. The molecule has 1 aliphatic heterocycles. The van der Waals surface area contributed by atoms with Gasteiger partial charge < -0.3 is 15.2 Å². The van der Waals surface area contributed by atoms with Crippen LogP contribution in [0.5, 0.6) is 0 Å². The van der Waals surface area contributed by atoms with Crippen molar-refractivity contribution in [1.29, 1.82) is 0 Å². The van der Waals surface area contributed by atoms with E-state index >= 15 is 0 Å². The second kappa shape index (κ2) is 3.15. The molecule has 2 heterocycles. The summed E-state index contributed by atoms with van der Waals surface area (Å²) in [7, 11) is 1.87. The zero-order valence-electron chi connectivity index (χ0n) is 9.36. The SMILES string of the molecule is C=C1c2ccn(C(C)C)c2N=C(N)N1C. The summed E-state index contributed by atoms with van der Waals surface area (Å²) >= 11 is 0. The van der Waals surface area contributed by atoms with Gasteiger partial charge in [0, 0.05) is 30.5 Å². The highest BCUT2D eigenvalue weighted by molar-refractivity contribution is 5.94. The van der Waals surface area contributed by atoms with E-state index in [0.717, 1.165) is 17.1 Å². The minimum Gasteiger partial charge on any atom is -0.369 e. The third-order valence-electron chi connectivity index (χ3n) is 2.72. The molecule has 4 heteroatoms. The summed E-state index contributed by atoms with van der Waals surface area (Å²) in [5.41, 5.74) is 7.77. The van der Waals surface area contributed by atoms with Crippen LogP contribution in [0.25, 0.3) is 5.70 Å². The van der Waals surface area contributed by atoms with E-state index in [1.807, 2.05) is 19.3 Å². The first-order valence-corrected chi connectivity index (χ1v) is 5.00.